The fourth-order valence-corrected chi connectivity index (χ4v) is 1.53. The number of hydrogen-bond donors (Lipinski definition) is 1. The van der Waals surface area contributed by atoms with Gasteiger partial charge in [-0.25, -0.2) is 4.39 Å². The largest absolute Gasteiger partial charge is 0.487 e. The summed E-state index contributed by atoms with van der Waals surface area (Å²) in [5.74, 6) is 0.119. The molecule has 0 unspecified atom stereocenters. The molecule has 5 heteroatoms. The summed E-state index contributed by atoms with van der Waals surface area (Å²) in [6.45, 7) is 0.205. The molecule has 0 saturated carbocycles. The quantitative estimate of drug-likeness (QED) is 0.854. The Bertz CT molecular complexity index is 534. The summed E-state index contributed by atoms with van der Waals surface area (Å²) < 4.78 is 18.3. The smallest absolute Gasteiger partial charge is 0.142 e. The van der Waals surface area contributed by atoms with Gasteiger partial charge >= 0.3 is 0 Å². The van der Waals surface area contributed by atoms with Crippen LogP contribution in [0.4, 0.5) is 10.1 Å². The lowest BCUT2D eigenvalue weighted by Gasteiger charge is -2.08. The van der Waals surface area contributed by atoms with Crippen LogP contribution < -0.4 is 10.5 Å². The Hall–Kier alpha value is -1.81. The molecule has 0 atom stereocenters. The van der Waals surface area contributed by atoms with Crippen molar-refractivity contribution < 1.29 is 9.13 Å². The second kappa shape index (κ2) is 5.01. The summed E-state index contributed by atoms with van der Waals surface area (Å²) in [4.78, 5) is 3.73. The molecule has 2 N–H and O–H groups in total. The SMILES string of the molecule is Nc1cc(Cl)ccc1OCc1cncc(F)c1. The summed E-state index contributed by atoms with van der Waals surface area (Å²) in [6, 6.07) is 6.31. The lowest BCUT2D eigenvalue weighted by atomic mass is 10.3. The standard InChI is InChI=1S/C12H10ClFN2O/c13-9-1-2-12(11(15)4-9)17-7-8-3-10(14)6-16-5-8/h1-6H,7,15H2. The number of nitrogens with two attached hydrogens (primary N) is 1. The number of rotatable bonds is 3. The molecular weight excluding hydrogens is 243 g/mol. The molecule has 0 amide bonds. The Morgan fingerprint density at radius 3 is 2.82 bits per heavy atom. The maximum absolute atomic E-state index is 12.9. The van der Waals surface area contributed by atoms with Gasteiger partial charge in [-0.3, -0.25) is 4.98 Å². The predicted molar refractivity (Wildman–Crippen MR) is 64.4 cm³/mol. The van der Waals surface area contributed by atoms with E-state index in [4.69, 9.17) is 22.1 Å². The van der Waals surface area contributed by atoms with Crippen molar-refractivity contribution in [1.82, 2.24) is 4.98 Å². The Kier molecular flexibility index (Phi) is 3.44. The van der Waals surface area contributed by atoms with Crippen LogP contribution in [0.15, 0.2) is 36.7 Å². The van der Waals surface area contributed by atoms with Gasteiger partial charge in [0.15, 0.2) is 0 Å². The van der Waals surface area contributed by atoms with E-state index in [2.05, 4.69) is 4.98 Å². The molecule has 2 rings (SSSR count). The molecule has 0 aliphatic carbocycles. The molecule has 2 aromatic rings. The fourth-order valence-electron chi connectivity index (χ4n) is 1.35. The van der Waals surface area contributed by atoms with Crippen molar-refractivity contribution in [2.45, 2.75) is 6.61 Å². The van der Waals surface area contributed by atoms with E-state index in [0.717, 1.165) is 6.20 Å². The van der Waals surface area contributed by atoms with Gasteiger partial charge in [0.2, 0.25) is 0 Å². The third-order valence-corrected chi connectivity index (χ3v) is 2.36. The molecule has 0 radical (unpaired) electrons. The van der Waals surface area contributed by atoms with Crippen molar-refractivity contribution in [3.63, 3.8) is 0 Å². The number of ether oxygens (including phenoxy) is 1. The minimum Gasteiger partial charge on any atom is -0.487 e. The zero-order valence-electron chi connectivity index (χ0n) is 8.86. The zero-order valence-corrected chi connectivity index (χ0v) is 9.62. The summed E-state index contributed by atoms with van der Waals surface area (Å²) in [7, 11) is 0. The number of anilines is 1. The van der Waals surface area contributed by atoms with Gasteiger partial charge in [-0.05, 0) is 24.3 Å². The first kappa shape index (κ1) is 11.7. The molecule has 1 aromatic carbocycles. The van der Waals surface area contributed by atoms with Crippen LogP contribution in [0.2, 0.25) is 5.02 Å². The average molecular weight is 253 g/mol. The molecule has 17 heavy (non-hydrogen) atoms. The van der Waals surface area contributed by atoms with Gasteiger partial charge < -0.3 is 10.5 Å². The van der Waals surface area contributed by atoms with E-state index in [9.17, 15) is 4.39 Å². The van der Waals surface area contributed by atoms with E-state index in [-0.39, 0.29) is 6.61 Å². The number of nitrogens with zero attached hydrogens (tertiary/aromatic N) is 1. The second-order valence-electron chi connectivity index (χ2n) is 3.48. The highest BCUT2D eigenvalue weighted by atomic mass is 35.5. The van der Waals surface area contributed by atoms with Crippen LogP contribution in [-0.4, -0.2) is 4.98 Å². The van der Waals surface area contributed by atoms with Crippen molar-refractivity contribution in [1.29, 1.82) is 0 Å². The molecule has 1 aromatic heterocycles. The van der Waals surface area contributed by atoms with Crippen LogP contribution in [0.25, 0.3) is 0 Å². The Labute approximate surface area is 103 Å². The first-order valence-electron chi connectivity index (χ1n) is 4.92. The number of benzene rings is 1. The van der Waals surface area contributed by atoms with Crippen LogP contribution in [0, 0.1) is 5.82 Å². The Morgan fingerprint density at radius 2 is 2.12 bits per heavy atom. The van der Waals surface area contributed by atoms with E-state index in [1.165, 1.54) is 12.3 Å². The second-order valence-corrected chi connectivity index (χ2v) is 3.92. The first-order valence-corrected chi connectivity index (χ1v) is 5.30. The van der Waals surface area contributed by atoms with Gasteiger partial charge in [-0.2, -0.15) is 0 Å². The normalized spacial score (nSPS) is 10.2. The Balaban J connectivity index is 2.07. The van der Waals surface area contributed by atoms with Gasteiger partial charge in [-0.15, -0.1) is 0 Å². The maximum Gasteiger partial charge on any atom is 0.142 e. The van der Waals surface area contributed by atoms with E-state index >= 15 is 0 Å². The molecule has 0 aliphatic rings. The summed E-state index contributed by atoms with van der Waals surface area (Å²) in [5.41, 5.74) is 6.80. The highest BCUT2D eigenvalue weighted by Crippen LogP contribution is 2.25. The molecular formula is C12H10ClFN2O. The lowest BCUT2D eigenvalue weighted by Crippen LogP contribution is -1.99. The number of nitrogen functional groups attached to an aromatic ring is 1. The van der Waals surface area contributed by atoms with Crippen molar-refractivity contribution in [2.24, 2.45) is 0 Å². The first-order chi connectivity index (χ1) is 8.15. The molecule has 3 nitrogen and oxygen atoms in total. The van der Waals surface area contributed by atoms with Crippen LogP contribution >= 0.6 is 11.6 Å². The molecule has 0 bridgehead atoms. The fraction of sp³-hybridized carbons (Fsp3) is 0.0833. The van der Waals surface area contributed by atoms with Gasteiger partial charge in [0.1, 0.15) is 18.2 Å². The van der Waals surface area contributed by atoms with Crippen molar-refractivity contribution in [2.75, 3.05) is 5.73 Å². The topological polar surface area (TPSA) is 48.1 Å². The van der Waals surface area contributed by atoms with Crippen LogP contribution in [-0.2, 0) is 6.61 Å². The third-order valence-electron chi connectivity index (χ3n) is 2.13. The molecule has 0 spiro atoms. The Morgan fingerprint density at radius 1 is 1.29 bits per heavy atom. The number of aromatic nitrogens is 1. The van der Waals surface area contributed by atoms with Crippen LogP contribution in [0.3, 0.4) is 0 Å². The van der Waals surface area contributed by atoms with Gasteiger partial charge in [0, 0.05) is 16.8 Å². The maximum atomic E-state index is 12.9. The molecule has 0 aliphatic heterocycles. The van der Waals surface area contributed by atoms with Gasteiger partial charge in [-0.1, -0.05) is 11.6 Å². The van der Waals surface area contributed by atoms with Crippen LogP contribution in [0.5, 0.6) is 5.75 Å². The highest BCUT2D eigenvalue weighted by Gasteiger charge is 2.02. The van der Waals surface area contributed by atoms with Gasteiger partial charge in [0.25, 0.3) is 0 Å². The third kappa shape index (κ3) is 3.07. The minimum atomic E-state index is -0.393. The van der Waals surface area contributed by atoms with E-state index < -0.39 is 5.82 Å². The highest BCUT2D eigenvalue weighted by molar-refractivity contribution is 6.30. The van der Waals surface area contributed by atoms with Crippen molar-refractivity contribution in [3.05, 3.63) is 53.1 Å². The monoisotopic (exact) mass is 252 g/mol. The summed E-state index contributed by atoms with van der Waals surface area (Å²) in [5, 5.41) is 0.544. The van der Waals surface area contributed by atoms with E-state index in [1.807, 2.05) is 0 Å². The van der Waals surface area contributed by atoms with Gasteiger partial charge in [0.05, 0.1) is 11.9 Å². The van der Waals surface area contributed by atoms with Crippen molar-refractivity contribution >= 4 is 17.3 Å². The predicted octanol–water partition coefficient (Wildman–Crippen LogP) is 3.04. The average Bonchev–Trinajstić information content (AvgIpc) is 2.28. The van der Waals surface area contributed by atoms with E-state index in [0.29, 0.717) is 22.0 Å². The van der Waals surface area contributed by atoms with Crippen molar-refractivity contribution in [3.8, 4) is 5.75 Å². The number of hydrogen-bond acceptors (Lipinski definition) is 3. The lowest BCUT2D eigenvalue weighted by molar-refractivity contribution is 0.306. The molecule has 1 heterocycles. The zero-order chi connectivity index (χ0) is 12.3. The molecule has 0 saturated heterocycles. The number of halogens is 2. The number of pyridine rings is 1. The van der Waals surface area contributed by atoms with E-state index in [1.54, 1.807) is 18.2 Å². The minimum absolute atomic E-state index is 0.205. The molecule has 0 fully saturated rings. The van der Waals surface area contributed by atoms with Crippen LogP contribution in [0.1, 0.15) is 5.56 Å². The summed E-state index contributed by atoms with van der Waals surface area (Å²) >= 11 is 5.76. The molecule has 88 valence electrons. The summed E-state index contributed by atoms with van der Waals surface area (Å²) in [6.07, 6.45) is 2.68.